The van der Waals surface area contributed by atoms with Crippen molar-refractivity contribution in [2.24, 2.45) is 0 Å². The number of piperidine rings is 1. The Morgan fingerprint density at radius 1 is 1.33 bits per heavy atom. The van der Waals surface area contributed by atoms with Crippen LogP contribution in [-0.4, -0.2) is 59.2 Å². The van der Waals surface area contributed by atoms with Crippen LogP contribution < -0.4 is 5.32 Å². The summed E-state index contributed by atoms with van der Waals surface area (Å²) in [5.74, 6) is 1.55. The fourth-order valence-corrected chi connectivity index (χ4v) is 3.06. The molecule has 2 aromatic heterocycles. The number of hydrogen-bond acceptors (Lipinski definition) is 6. The molecule has 1 N–H and O–H groups in total. The second-order valence-electron chi connectivity index (χ2n) is 6.21. The zero-order valence-corrected chi connectivity index (χ0v) is 14.4. The molecule has 6 nitrogen and oxygen atoms in total. The van der Waals surface area contributed by atoms with Gasteiger partial charge in [0.05, 0.1) is 6.61 Å². The molecule has 0 aliphatic carbocycles. The van der Waals surface area contributed by atoms with Gasteiger partial charge in [0.25, 0.3) is 0 Å². The quantitative estimate of drug-likeness (QED) is 0.879. The number of ether oxygens (including phenoxy) is 1. The third kappa shape index (κ3) is 4.49. The Balaban J connectivity index is 1.70. The van der Waals surface area contributed by atoms with Crippen LogP contribution in [0.15, 0.2) is 30.5 Å². The second kappa shape index (κ2) is 8.17. The van der Waals surface area contributed by atoms with E-state index in [1.54, 1.807) is 13.3 Å². The van der Waals surface area contributed by atoms with Crippen LogP contribution in [0.2, 0.25) is 0 Å². The van der Waals surface area contributed by atoms with E-state index in [9.17, 15) is 0 Å². The highest BCUT2D eigenvalue weighted by Gasteiger charge is 2.20. The standard InChI is InChI=1S/C18H25N5O/c1-14-12-17(22-18(20-14)16-7-3-4-8-19-16)21-15-6-5-9-23(13-15)10-11-24-2/h3-4,7-8,12,15H,5-6,9-11,13H2,1-2H3,(H,20,21,22). The molecule has 0 spiro atoms. The molecule has 0 bridgehead atoms. The van der Waals surface area contributed by atoms with E-state index < -0.39 is 0 Å². The van der Waals surface area contributed by atoms with Crippen molar-refractivity contribution in [3.8, 4) is 11.5 Å². The van der Waals surface area contributed by atoms with Gasteiger partial charge in [-0.3, -0.25) is 9.88 Å². The number of likely N-dealkylation sites (tertiary alicyclic amines) is 1. The molecule has 3 rings (SSSR count). The minimum Gasteiger partial charge on any atom is -0.383 e. The number of aryl methyl sites for hydroxylation is 1. The molecule has 1 atom stereocenters. The fraction of sp³-hybridized carbons (Fsp3) is 0.500. The van der Waals surface area contributed by atoms with Crippen LogP contribution in [-0.2, 0) is 4.74 Å². The first-order chi connectivity index (χ1) is 11.7. The molecule has 24 heavy (non-hydrogen) atoms. The molecule has 128 valence electrons. The maximum Gasteiger partial charge on any atom is 0.180 e. The lowest BCUT2D eigenvalue weighted by Crippen LogP contribution is -2.43. The number of aromatic nitrogens is 3. The SMILES string of the molecule is COCCN1CCCC(Nc2cc(C)nc(-c3ccccn3)n2)C1. The van der Waals surface area contributed by atoms with Gasteiger partial charge in [-0.1, -0.05) is 6.07 Å². The molecule has 0 aromatic carbocycles. The van der Waals surface area contributed by atoms with Gasteiger partial charge in [-0.25, -0.2) is 9.97 Å². The van der Waals surface area contributed by atoms with Gasteiger partial charge in [0, 0.05) is 44.2 Å². The molecule has 0 amide bonds. The lowest BCUT2D eigenvalue weighted by Gasteiger charge is -2.33. The van der Waals surface area contributed by atoms with E-state index in [2.05, 4.69) is 25.2 Å². The second-order valence-corrected chi connectivity index (χ2v) is 6.21. The molecule has 2 aromatic rings. The van der Waals surface area contributed by atoms with E-state index in [-0.39, 0.29) is 0 Å². The minimum absolute atomic E-state index is 0.404. The maximum atomic E-state index is 5.19. The Morgan fingerprint density at radius 3 is 3.04 bits per heavy atom. The molecule has 1 aliphatic heterocycles. The Morgan fingerprint density at radius 2 is 2.25 bits per heavy atom. The highest BCUT2D eigenvalue weighted by Crippen LogP contribution is 2.18. The molecule has 1 aliphatic rings. The zero-order valence-electron chi connectivity index (χ0n) is 14.4. The van der Waals surface area contributed by atoms with Gasteiger partial charge >= 0.3 is 0 Å². The van der Waals surface area contributed by atoms with E-state index >= 15 is 0 Å². The predicted molar refractivity (Wildman–Crippen MR) is 95.0 cm³/mol. The third-order valence-corrected chi connectivity index (χ3v) is 4.22. The van der Waals surface area contributed by atoms with E-state index in [1.165, 1.54) is 6.42 Å². The molecular weight excluding hydrogens is 302 g/mol. The molecule has 6 heteroatoms. The Kier molecular flexibility index (Phi) is 5.72. The van der Waals surface area contributed by atoms with Gasteiger partial charge in [-0.2, -0.15) is 0 Å². The summed E-state index contributed by atoms with van der Waals surface area (Å²) in [7, 11) is 1.75. The van der Waals surface area contributed by atoms with Crippen LogP contribution in [0.25, 0.3) is 11.5 Å². The number of nitrogens with zero attached hydrogens (tertiary/aromatic N) is 4. The van der Waals surface area contributed by atoms with Crippen LogP contribution in [0.1, 0.15) is 18.5 Å². The molecule has 0 radical (unpaired) electrons. The summed E-state index contributed by atoms with van der Waals surface area (Å²) in [6, 6.07) is 8.19. The number of hydrogen-bond donors (Lipinski definition) is 1. The maximum absolute atomic E-state index is 5.19. The highest BCUT2D eigenvalue weighted by molar-refractivity contribution is 5.53. The molecular formula is C18H25N5O. The minimum atomic E-state index is 0.404. The first kappa shape index (κ1) is 16.8. The van der Waals surface area contributed by atoms with E-state index in [0.29, 0.717) is 11.9 Å². The molecule has 1 unspecified atom stereocenters. The topological polar surface area (TPSA) is 63.2 Å². The number of rotatable bonds is 6. The van der Waals surface area contributed by atoms with E-state index in [0.717, 1.165) is 49.9 Å². The largest absolute Gasteiger partial charge is 0.383 e. The number of methoxy groups -OCH3 is 1. The lowest BCUT2D eigenvalue weighted by molar-refractivity contribution is 0.131. The van der Waals surface area contributed by atoms with Gasteiger partial charge in [-0.15, -0.1) is 0 Å². The van der Waals surface area contributed by atoms with Crippen molar-refractivity contribution < 1.29 is 4.74 Å². The average Bonchev–Trinajstić information content (AvgIpc) is 2.60. The van der Waals surface area contributed by atoms with Crippen molar-refractivity contribution in [2.75, 3.05) is 38.7 Å². The summed E-state index contributed by atoms with van der Waals surface area (Å²) >= 11 is 0. The van der Waals surface area contributed by atoms with Crippen molar-refractivity contribution in [1.82, 2.24) is 19.9 Å². The summed E-state index contributed by atoms with van der Waals surface area (Å²) in [6.07, 6.45) is 4.12. The monoisotopic (exact) mass is 327 g/mol. The number of anilines is 1. The number of nitrogens with one attached hydrogen (secondary N) is 1. The van der Waals surface area contributed by atoms with Gasteiger partial charge in [0.2, 0.25) is 0 Å². The Hall–Kier alpha value is -2.05. The van der Waals surface area contributed by atoms with Crippen LogP contribution in [0.3, 0.4) is 0 Å². The zero-order chi connectivity index (χ0) is 16.8. The molecule has 1 saturated heterocycles. The van der Waals surface area contributed by atoms with Crippen molar-refractivity contribution >= 4 is 5.82 Å². The van der Waals surface area contributed by atoms with Crippen LogP contribution >= 0.6 is 0 Å². The lowest BCUT2D eigenvalue weighted by atomic mass is 10.1. The summed E-state index contributed by atoms with van der Waals surface area (Å²) in [5, 5.41) is 3.58. The van der Waals surface area contributed by atoms with Crippen LogP contribution in [0.5, 0.6) is 0 Å². The van der Waals surface area contributed by atoms with Crippen molar-refractivity contribution in [1.29, 1.82) is 0 Å². The summed E-state index contributed by atoms with van der Waals surface area (Å²) < 4.78 is 5.19. The molecule has 1 fully saturated rings. The van der Waals surface area contributed by atoms with Gasteiger partial charge < -0.3 is 10.1 Å². The van der Waals surface area contributed by atoms with Crippen molar-refractivity contribution in [3.63, 3.8) is 0 Å². The van der Waals surface area contributed by atoms with Gasteiger partial charge in [-0.05, 0) is 38.4 Å². The van der Waals surface area contributed by atoms with Crippen LogP contribution in [0, 0.1) is 6.92 Å². The Bertz CT molecular complexity index is 649. The fourth-order valence-electron chi connectivity index (χ4n) is 3.06. The smallest absolute Gasteiger partial charge is 0.180 e. The molecule has 3 heterocycles. The average molecular weight is 327 g/mol. The van der Waals surface area contributed by atoms with E-state index in [4.69, 9.17) is 4.74 Å². The van der Waals surface area contributed by atoms with Gasteiger partial charge in [0.15, 0.2) is 5.82 Å². The summed E-state index contributed by atoms with van der Waals surface area (Å²) in [5.41, 5.74) is 1.75. The molecule has 0 saturated carbocycles. The van der Waals surface area contributed by atoms with Crippen molar-refractivity contribution in [3.05, 3.63) is 36.2 Å². The normalized spacial score (nSPS) is 18.5. The van der Waals surface area contributed by atoms with Crippen LogP contribution in [0.4, 0.5) is 5.82 Å². The van der Waals surface area contributed by atoms with E-state index in [1.807, 2.05) is 31.2 Å². The first-order valence-corrected chi connectivity index (χ1v) is 8.49. The first-order valence-electron chi connectivity index (χ1n) is 8.49. The van der Waals surface area contributed by atoms with Gasteiger partial charge in [0.1, 0.15) is 11.5 Å². The summed E-state index contributed by atoms with van der Waals surface area (Å²) in [6.45, 7) is 5.92. The predicted octanol–water partition coefficient (Wildman–Crippen LogP) is 2.37. The third-order valence-electron chi connectivity index (χ3n) is 4.22. The Labute approximate surface area is 143 Å². The highest BCUT2D eigenvalue weighted by atomic mass is 16.5. The van der Waals surface area contributed by atoms with Crippen molar-refractivity contribution in [2.45, 2.75) is 25.8 Å². The number of pyridine rings is 1. The summed E-state index contributed by atoms with van der Waals surface area (Å²) in [4.78, 5) is 16.0.